The molecule has 1 atom stereocenters. The molecule has 1 unspecified atom stereocenters. The molecule has 41 heavy (non-hydrogen) atoms. The number of nitrogens with one attached hydrogen (secondary N) is 2. The molecule has 2 amide bonds. The summed E-state index contributed by atoms with van der Waals surface area (Å²) in [6.07, 6.45) is 1.94. The third-order valence-electron chi connectivity index (χ3n) is 6.66. The number of aryl methyl sites for hydroxylation is 1. The molecule has 0 saturated heterocycles. The summed E-state index contributed by atoms with van der Waals surface area (Å²) < 4.78 is 20.6. The molecule has 1 aliphatic heterocycles. The zero-order valence-electron chi connectivity index (χ0n) is 22.8. The average Bonchev–Trinajstić information content (AvgIpc) is 3.59. The van der Waals surface area contributed by atoms with Crippen molar-refractivity contribution >= 4 is 29.3 Å². The van der Waals surface area contributed by atoms with E-state index in [0.29, 0.717) is 16.5 Å². The SMILES string of the molecule is COc1ccc(C2=CC(c3ccc(F)cc3)N(C(=O)CSc3nnc(CNC(=O)c4cccc(C)c4)n3C)N2)cc1. The van der Waals surface area contributed by atoms with Gasteiger partial charge < -0.3 is 14.6 Å². The van der Waals surface area contributed by atoms with E-state index in [9.17, 15) is 14.0 Å². The molecule has 0 fully saturated rings. The van der Waals surface area contributed by atoms with Gasteiger partial charge in [-0.2, -0.15) is 0 Å². The van der Waals surface area contributed by atoms with Crippen LogP contribution in [0.1, 0.15) is 38.9 Å². The maximum atomic E-state index is 13.6. The van der Waals surface area contributed by atoms with Crippen molar-refractivity contribution in [1.82, 2.24) is 30.5 Å². The van der Waals surface area contributed by atoms with Gasteiger partial charge >= 0.3 is 0 Å². The Morgan fingerprint density at radius 2 is 1.83 bits per heavy atom. The van der Waals surface area contributed by atoms with E-state index < -0.39 is 6.04 Å². The van der Waals surface area contributed by atoms with Gasteiger partial charge in [0, 0.05) is 12.6 Å². The molecule has 4 aromatic rings. The molecular weight excluding hydrogens is 543 g/mol. The highest BCUT2D eigenvalue weighted by molar-refractivity contribution is 7.99. The number of hydrogen-bond donors (Lipinski definition) is 2. The van der Waals surface area contributed by atoms with Crippen LogP contribution in [0.4, 0.5) is 4.39 Å². The first-order valence-corrected chi connectivity index (χ1v) is 13.9. The Balaban J connectivity index is 1.25. The van der Waals surface area contributed by atoms with E-state index in [2.05, 4.69) is 20.9 Å². The van der Waals surface area contributed by atoms with Gasteiger partial charge in [0.15, 0.2) is 11.0 Å². The van der Waals surface area contributed by atoms with E-state index in [4.69, 9.17) is 4.74 Å². The van der Waals surface area contributed by atoms with Gasteiger partial charge in [0.05, 0.1) is 31.1 Å². The second-order valence-corrected chi connectivity index (χ2v) is 10.4. The summed E-state index contributed by atoms with van der Waals surface area (Å²) in [7, 11) is 3.39. The summed E-state index contributed by atoms with van der Waals surface area (Å²) in [5.41, 5.74) is 7.20. The zero-order valence-corrected chi connectivity index (χ0v) is 23.6. The van der Waals surface area contributed by atoms with Crippen LogP contribution in [0.15, 0.2) is 84.0 Å². The van der Waals surface area contributed by atoms with Gasteiger partial charge in [-0.25, -0.2) is 9.40 Å². The van der Waals surface area contributed by atoms with Crippen molar-refractivity contribution < 1.29 is 18.7 Å². The van der Waals surface area contributed by atoms with Gasteiger partial charge in [0.1, 0.15) is 11.6 Å². The lowest BCUT2D eigenvalue weighted by molar-refractivity contribution is -0.131. The lowest BCUT2D eigenvalue weighted by Gasteiger charge is -2.25. The van der Waals surface area contributed by atoms with E-state index in [0.717, 1.165) is 28.1 Å². The molecule has 2 heterocycles. The monoisotopic (exact) mass is 572 g/mol. The number of benzene rings is 3. The number of aromatic nitrogens is 3. The molecule has 1 aromatic heterocycles. The molecule has 0 radical (unpaired) electrons. The first-order chi connectivity index (χ1) is 19.8. The standard InChI is InChI=1S/C30H29FN6O3S/c1-19-5-4-6-22(15-19)29(39)32-17-27-33-34-30(36(27)2)41-18-28(38)37-26(21-7-11-23(31)12-8-21)16-25(35-37)20-9-13-24(40-3)14-10-20/h4-16,26,35H,17-18H2,1-3H3,(H,32,39). The predicted octanol–water partition coefficient (Wildman–Crippen LogP) is 4.42. The van der Waals surface area contributed by atoms with E-state index in [1.165, 1.54) is 23.9 Å². The van der Waals surface area contributed by atoms with Crippen LogP contribution >= 0.6 is 11.8 Å². The van der Waals surface area contributed by atoms with Crippen molar-refractivity contribution in [2.24, 2.45) is 7.05 Å². The number of halogens is 1. The van der Waals surface area contributed by atoms with Crippen molar-refractivity contribution in [2.45, 2.75) is 24.7 Å². The minimum atomic E-state index is -0.437. The number of rotatable bonds is 9. The smallest absolute Gasteiger partial charge is 0.252 e. The number of ether oxygens (including phenoxy) is 1. The fourth-order valence-electron chi connectivity index (χ4n) is 4.39. The van der Waals surface area contributed by atoms with Crippen molar-refractivity contribution in [2.75, 3.05) is 12.9 Å². The number of amides is 2. The highest BCUT2D eigenvalue weighted by Gasteiger charge is 2.31. The number of thioether (sulfide) groups is 1. The highest BCUT2D eigenvalue weighted by atomic mass is 32.2. The first-order valence-electron chi connectivity index (χ1n) is 12.9. The number of hydrogen-bond acceptors (Lipinski definition) is 7. The number of hydrazine groups is 1. The van der Waals surface area contributed by atoms with Crippen LogP contribution in [0.3, 0.4) is 0 Å². The largest absolute Gasteiger partial charge is 0.497 e. The Morgan fingerprint density at radius 1 is 1.07 bits per heavy atom. The summed E-state index contributed by atoms with van der Waals surface area (Å²) in [6.45, 7) is 2.12. The Labute approximate surface area is 241 Å². The van der Waals surface area contributed by atoms with Crippen LogP contribution in [0.25, 0.3) is 5.70 Å². The second kappa shape index (κ2) is 12.3. The van der Waals surface area contributed by atoms with Gasteiger partial charge in [0.2, 0.25) is 0 Å². The summed E-state index contributed by atoms with van der Waals surface area (Å²) in [4.78, 5) is 26.0. The molecule has 9 nitrogen and oxygen atoms in total. The minimum Gasteiger partial charge on any atom is -0.497 e. The zero-order chi connectivity index (χ0) is 28.9. The average molecular weight is 573 g/mol. The molecule has 210 valence electrons. The van der Waals surface area contributed by atoms with Crippen LogP contribution in [-0.2, 0) is 18.4 Å². The van der Waals surface area contributed by atoms with Gasteiger partial charge in [0.25, 0.3) is 11.8 Å². The lowest BCUT2D eigenvalue weighted by Crippen LogP contribution is -2.40. The Morgan fingerprint density at radius 3 is 2.54 bits per heavy atom. The Bertz CT molecular complexity index is 1590. The van der Waals surface area contributed by atoms with Crippen LogP contribution < -0.4 is 15.5 Å². The topological polar surface area (TPSA) is 101 Å². The van der Waals surface area contributed by atoms with Crippen LogP contribution in [0, 0.1) is 12.7 Å². The van der Waals surface area contributed by atoms with E-state index in [1.54, 1.807) is 41.9 Å². The van der Waals surface area contributed by atoms with Crippen molar-refractivity contribution in [3.05, 3.63) is 113 Å². The maximum absolute atomic E-state index is 13.6. The summed E-state index contributed by atoms with van der Waals surface area (Å²) >= 11 is 1.24. The molecular formula is C30H29FN6O3S. The number of methoxy groups -OCH3 is 1. The lowest BCUT2D eigenvalue weighted by atomic mass is 10.0. The van der Waals surface area contributed by atoms with Gasteiger partial charge in [-0.1, -0.05) is 41.6 Å². The molecule has 1 aliphatic rings. The molecule has 0 bridgehead atoms. The van der Waals surface area contributed by atoms with Crippen LogP contribution in [-0.4, -0.2) is 44.5 Å². The van der Waals surface area contributed by atoms with E-state index in [-0.39, 0.29) is 29.9 Å². The second-order valence-electron chi connectivity index (χ2n) is 9.48. The quantitative estimate of drug-likeness (QED) is 0.286. The highest BCUT2D eigenvalue weighted by Crippen LogP contribution is 2.33. The predicted molar refractivity (Wildman–Crippen MR) is 154 cm³/mol. The minimum absolute atomic E-state index is 0.0794. The molecule has 0 aliphatic carbocycles. The molecule has 2 N–H and O–H groups in total. The molecule has 11 heteroatoms. The third kappa shape index (κ3) is 6.41. The van der Waals surface area contributed by atoms with Crippen molar-refractivity contribution in [1.29, 1.82) is 0 Å². The molecule has 0 saturated carbocycles. The third-order valence-corrected chi connectivity index (χ3v) is 7.67. The summed E-state index contributed by atoms with van der Waals surface area (Å²) in [5, 5.41) is 13.3. The fraction of sp³-hybridized carbons (Fsp3) is 0.200. The normalized spacial score (nSPS) is 14.4. The van der Waals surface area contributed by atoms with Crippen molar-refractivity contribution in [3.63, 3.8) is 0 Å². The first kappa shape index (κ1) is 27.9. The number of carbonyl (C=O) groups is 2. The number of nitrogens with zero attached hydrogens (tertiary/aromatic N) is 4. The molecule has 5 rings (SSSR count). The van der Waals surface area contributed by atoms with Crippen LogP contribution in [0.2, 0.25) is 0 Å². The molecule has 0 spiro atoms. The number of carbonyl (C=O) groups excluding carboxylic acids is 2. The Hall–Kier alpha value is -4.64. The molecule has 3 aromatic carbocycles. The van der Waals surface area contributed by atoms with Crippen molar-refractivity contribution in [3.8, 4) is 5.75 Å². The van der Waals surface area contributed by atoms with Crippen LogP contribution in [0.5, 0.6) is 5.75 Å². The van der Waals surface area contributed by atoms with Gasteiger partial charge in [-0.3, -0.25) is 15.0 Å². The van der Waals surface area contributed by atoms with Gasteiger partial charge in [-0.15, -0.1) is 10.2 Å². The summed E-state index contributed by atoms with van der Waals surface area (Å²) in [6, 6.07) is 20.5. The summed E-state index contributed by atoms with van der Waals surface area (Å²) in [5.74, 6) is 0.628. The Kier molecular flexibility index (Phi) is 8.34. The maximum Gasteiger partial charge on any atom is 0.252 e. The van der Waals surface area contributed by atoms with E-state index >= 15 is 0 Å². The fourth-order valence-corrected chi connectivity index (χ4v) is 5.18. The van der Waals surface area contributed by atoms with E-state index in [1.807, 2.05) is 55.5 Å². The van der Waals surface area contributed by atoms with Gasteiger partial charge in [-0.05, 0) is 72.7 Å².